The number of benzene rings is 1. The van der Waals surface area contributed by atoms with Crippen LogP contribution in [0.1, 0.15) is 56.4 Å². The van der Waals surface area contributed by atoms with Gasteiger partial charge in [-0.3, -0.25) is 0 Å². The van der Waals surface area contributed by atoms with E-state index in [0.29, 0.717) is 24.5 Å². The van der Waals surface area contributed by atoms with Crippen LogP contribution < -0.4 is 4.74 Å². The van der Waals surface area contributed by atoms with Crippen molar-refractivity contribution in [1.82, 2.24) is 9.88 Å². The Morgan fingerprint density at radius 2 is 2.00 bits per heavy atom. The van der Waals surface area contributed by atoms with Crippen molar-refractivity contribution < 1.29 is 18.7 Å². The Morgan fingerprint density at radius 1 is 1.27 bits per heavy atom. The lowest BCUT2D eigenvalue weighted by atomic mass is 9.93. The lowest BCUT2D eigenvalue weighted by molar-refractivity contribution is 0.0204. The van der Waals surface area contributed by atoms with Crippen molar-refractivity contribution in [3.63, 3.8) is 0 Å². The van der Waals surface area contributed by atoms with Gasteiger partial charge in [-0.15, -0.1) is 0 Å². The maximum absolute atomic E-state index is 14.0. The average Bonchev–Trinajstić information content (AvgIpc) is 2.72. The minimum absolute atomic E-state index is 0.0328. The highest BCUT2D eigenvalue weighted by atomic mass is 19.1. The van der Waals surface area contributed by atoms with E-state index in [9.17, 15) is 9.18 Å². The summed E-state index contributed by atoms with van der Waals surface area (Å²) in [4.78, 5) is 18.5. The van der Waals surface area contributed by atoms with Crippen LogP contribution in [0.2, 0.25) is 0 Å². The third kappa shape index (κ3) is 5.69. The lowest BCUT2D eigenvalue weighted by Crippen LogP contribution is -2.41. The van der Waals surface area contributed by atoms with Crippen molar-refractivity contribution in [1.29, 1.82) is 5.26 Å². The van der Waals surface area contributed by atoms with E-state index in [1.807, 2.05) is 39.0 Å². The molecule has 2 aromatic rings. The molecule has 158 valence electrons. The number of nitrogens with zero attached hydrogens (tertiary/aromatic N) is 3. The quantitative estimate of drug-likeness (QED) is 0.723. The topological polar surface area (TPSA) is 75.4 Å². The molecule has 0 unspecified atom stereocenters. The molecule has 1 aromatic heterocycles. The summed E-state index contributed by atoms with van der Waals surface area (Å²) >= 11 is 0. The molecule has 7 heteroatoms. The third-order valence-corrected chi connectivity index (χ3v) is 4.87. The maximum Gasteiger partial charge on any atom is 0.410 e. The second-order valence-electron chi connectivity index (χ2n) is 8.35. The van der Waals surface area contributed by atoms with Gasteiger partial charge in [-0.2, -0.15) is 5.26 Å². The fourth-order valence-corrected chi connectivity index (χ4v) is 3.31. The Bertz CT molecular complexity index is 941. The highest BCUT2D eigenvalue weighted by Gasteiger charge is 2.28. The maximum atomic E-state index is 14.0. The van der Waals surface area contributed by atoms with Crippen LogP contribution in [-0.2, 0) is 11.3 Å². The molecule has 1 aliphatic heterocycles. The molecule has 0 radical (unpaired) electrons. The molecule has 0 bridgehead atoms. The van der Waals surface area contributed by atoms with Crippen molar-refractivity contribution in [2.45, 2.75) is 51.7 Å². The van der Waals surface area contributed by atoms with Gasteiger partial charge in [-0.25, -0.2) is 14.2 Å². The van der Waals surface area contributed by atoms with E-state index < -0.39 is 11.4 Å². The lowest BCUT2D eigenvalue weighted by Gasteiger charge is -2.33. The van der Waals surface area contributed by atoms with Gasteiger partial charge >= 0.3 is 6.09 Å². The van der Waals surface area contributed by atoms with Gasteiger partial charge < -0.3 is 14.4 Å². The van der Waals surface area contributed by atoms with E-state index in [0.717, 1.165) is 18.5 Å². The predicted molar refractivity (Wildman–Crippen MR) is 109 cm³/mol. The first-order chi connectivity index (χ1) is 14.2. The molecule has 0 spiro atoms. The molecular weight excluding hydrogens is 385 g/mol. The number of amides is 1. The fourth-order valence-electron chi connectivity index (χ4n) is 3.31. The molecule has 6 nitrogen and oxygen atoms in total. The summed E-state index contributed by atoms with van der Waals surface area (Å²) in [5.41, 5.74) is 1.04. The van der Waals surface area contributed by atoms with Gasteiger partial charge in [0.1, 0.15) is 18.0 Å². The van der Waals surface area contributed by atoms with Gasteiger partial charge in [0, 0.05) is 36.3 Å². The average molecular weight is 411 g/mol. The van der Waals surface area contributed by atoms with Crippen LogP contribution >= 0.6 is 0 Å². The molecule has 3 rings (SSSR count). The minimum atomic E-state index is -0.504. The number of carbonyl (C=O) groups is 1. The number of hydrogen-bond donors (Lipinski definition) is 0. The number of nitriles is 1. The monoisotopic (exact) mass is 411 g/mol. The summed E-state index contributed by atoms with van der Waals surface area (Å²) in [5.74, 6) is 0.171. The summed E-state index contributed by atoms with van der Waals surface area (Å²) in [7, 11) is 0. The summed E-state index contributed by atoms with van der Waals surface area (Å²) in [6, 6.07) is 11.8. The summed E-state index contributed by atoms with van der Waals surface area (Å²) < 4.78 is 25.1. The van der Waals surface area contributed by atoms with Gasteiger partial charge in [0.15, 0.2) is 0 Å². The van der Waals surface area contributed by atoms with Gasteiger partial charge in [0.25, 0.3) is 0 Å². The molecule has 0 saturated carbocycles. The molecule has 1 aromatic carbocycles. The smallest absolute Gasteiger partial charge is 0.410 e. The minimum Gasteiger partial charge on any atom is -0.473 e. The van der Waals surface area contributed by atoms with Crippen LogP contribution in [0.25, 0.3) is 0 Å². The van der Waals surface area contributed by atoms with Crippen LogP contribution in [0.5, 0.6) is 5.88 Å². The second-order valence-corrected chi connectivity index (χ2v) is 8.35. The van der Waals surface area contributed by atoms with Crippen molar-refractivity contribution in [3.05, 3.63) is 59.0 Å². The number of aromatic nitrogens is 1. The first-order valence-corrected chi connectivity index (χ1v) is 10.0. The molecule has 30 heavy (non-hydrogen) atoms. The fraction of sp³-hybridized carbons (Fsp3) is 0.435. The Hall–Kier alpha value is -3.14. The van der Waals surface area contributed by atoms with E-state index in [1.165, 1.54) is 6.07 Å². The summed E-state index contributed by atoms with van der Waals surface area (Å²) in [5, 5.41) is 8.83. The first-order valence-electron chi connectivity index (χ1n) is 10.0. The number of halogens is 1. The van der Waals surface area contributed by atoms with Crippen molar-refractivity contribution in [2.24, 2.45) is 0 Å². The number of ether oxygens (including phenoxy) is 2. The Labute approximate surface area is 176 Å². The molecule has 2 heterocycles. The summed E-state index contributed by atoms with van der Waals surface area (Å²) in [6.45, 7) is 6.83. The number of carbonyl (C=O) groups excluding carboxylic acids is 1. The van der Waals surface area contributed by atoms with Gasteiger partial charge in [-0.05, 0) is 51.8 Å². The zero-order valence-corrected chi connectivity index (χ0v) is 17.5. The van der Waals surface area contributed by atoms with Crippen molar-refractivity contribution in [2.75, 3.05) is 13.1 Å². The molecule has 0 N–H and O–H groups in total. The van der Waals surface area contributed by atoms with Crippen LogP contribution in [0.15, 0.2) is 36.4 Å². The van der Waals surface area contributed by atoms with E-state index >= 15 is 0 Å². The van der Waals surface area contributed by atoms with Crippen LogP contribution in [0.4, 0.5) is 9.18 Å². The van der Waals surface area contributed by atoms with Gasteiger partial charge in [0.2, 0.25) is 5.88 Å². The van der Waals surface area contributed by atoms with E-state index in [1.54, 1.807) is 23.1 Å². The number of hydrogen-bond acceptors (Lipinski definition) is 5. The molecule has 1 saturated heterocycles. The molecule has 0 atom stereocenters. The number of rotatable bonds is 4. The number of piperidine rings is 1. The van der Waals surface area contributed by atoms with Crippen molar-refractivity contribution >= 4 is 6.09 Å². The first kappa shape index (κ1) is 21.6. The predicted octanol–water partition coefficient (Wildman–Crippen LogP) is 4.79. The highest BCUT2D eigenvalue weighted by Crippen LogP contribution is 2.29. The second kappa shape index (κ2) is 9.12. The third-order valence-electron chi connectivity index (χ3n) is 4.87. The zero-order chi connectivity index (χ0) is 21.7. The molecule has 1 fully saturated rings. The van der Waals surface area contributed by atoms with Crippen LogP contribution in [-0.4, -0.2) is 34.7 Å². The van der Waals surface area contributed by atoms with Gasteiger partial charge in [0.05, 0.1) is 11.6 Å². The number of pyridine rings is 1. The molecule has 1 aliphatic rings. The molecular formula is C23H26FN3O3. The zero-order valence-electron chi connectivity index (χ0n) is 17.5. The van der Waals surface area contributed by atoms with E-state index in [4.69, 9.17) is 14.7 Å². The number of likely N-dealkylation sites (tertiary alicyclic amines) is 1. The van der Waals surface area contributed by atoms with Crippen LogP contribution in [0.3, 0.4) is 0 Å². The molecule has 1 amide bonds. The summed E-state index contributed by atoms with van der Waals surface area (Å²) in [6.07, 6.45) is 1.30. The molecule has 0 aliphatic carbocycles. The Morgan fingerprint density at radius 3 is 2.63 bits per heavy atom. The van der Waals surface area contributed by atoms with Crippen molar-refractivity contribution in [3.8, 4) is 11.9 Å². The highest BCUT2D eigenvalue weighted by molar-refractivity contribution is 5.68. The Balaban J connectivity index is 1.57. The van der Waals surface area contributed by atoms with E-state index in [2.05, 4.69) is 4.98 Å². The largest absolute Gasteiger partial charge is 0.473 e. The van der Waals surface area contributed by atoms with Gasteiger partial charge in [-0.1, -0.05) is 12.1 Å². The van der Waals surface area contributed by atoms with E-state index in [-0.39, 0.29) is 24.2 Å². The SMILES string of the molecule is CC(C)(C)OC(=O)N1CCC(c2cccc(OCc3ccc(C#N)cc3F)n2)CC1. The van der Waals surface area contributed by atoms with Crippen LogP contribution in [0, 0.1) is 17.1 Å². The standard InChI is InChI=1S/C23H26FN3O3/c1-23(2,3)30-22(28)27-11-9-17(10-12-27)20-5-4-6-21(26-20)29-15-18-8-7-16(14-25)13-19(18)24/h4-8,13,17H,9-12,15H2,1-3H3. The Kier molecular flexibility index (Phi) is 6.56. The normalized spacial score (nSPS) is 14.8.